The Morgan fingerprint density at radius 1 is 0.957 bits per heavy atom. The lowest BCUT2D eigenvalue weighted by molar-refractivity contribution is 0.441. The average molecular weight is 306 g/mol. The fourth-order valence-electron chi connectivity index (χ4n) is 5.26. The number of benzene rings is 2. The molecule has 2 aromatic rings. The van der Waals surface area contributed by atoms with Crippen molar-refractivity contribution in [2.24, 2.45) is 0 Å². The first kappa shape index (κ1) is 14.9. The zero-order valence-corrected chi connectivity index (χ0v) is 14.4. The maximum Gasteiger partial charge on any atom is 0.260 e. The number of rotatable bonds is 3. The largest absolute Gasteiger partial charge is 0.416 e. The van der Waals surface area contributed by atoms with Gasteiger partial charge in [-0.2, -0.15) is 0 Å². The van der Waals surface area contributed by atoms with E-state index >= 15 is 0 Å². The van der Waals surface area contributed by atoms with Gasteiger partial charge < -0.3 is 10.1 Å². The highest BCUT2D eigenvalue weighted by Gasteiger charge is 2.42. The average Bonchev–Trinajstić information content (AvgIpc) is 2.59. The Kier molecular flexibility index (Phi) is 3.96. The van der Waals surface area contributed by atoms with Crippen LogP contribution in [0, 0.1) is 0 Å². The van der Waals surface area contributed by atoms with Crippen LogP contribution in [0.5, 0.6) is 0 Å². The van der Waals surface area contributed by atoms with Gasteiger partial charge in [-0.3, -0.25) is 0 Å². The van der Waals surface area contributed by atoms with Crippen molar-refractivity contribution in [3.05, 3.63) is 36.4 Å². The van der Waals surface area contributed by atoms with Crippen molar-refractivity contribution in [3.63, 3.8) is 0 Å². The van der Waals surface area contributed by atoms with Crippen molar-refractivity contribution in [2.75, 3.05) is 24.2 Å². The van der Waals surface area contributed by atoms with Gasteiger partial charge in [0.2, 0.25) is 0 Å². The lowest BCUT2D eigenvalue weighted by atomic mass is 9.33. The highest BCUT2D eigenvalue weighted by molar-refractivity contribution is 6.67. The fourth-order valence-corrected chi connectivity index (χ4v) is 5.26. The molecule has 2 heterocycles. The Hall–Kier alpha value is -1.64. The summed E-state index contributed by atoms with van der Waals surface area (Å²) >= 11 is 0. The van der Waals surface area contributed by atoms with Crippen LogP contribution in [0.15, 0.2) is 36.4 Å². The van der Waals surface area contributed by atoms with E-state index in [4.69, 9.17) is 0 Å². The second-order valence-electron chi connectivity index (χ2n) is 7.41. The van der Waals surface area contributed by atoms with E-state index in [1.165, 1.54) is 60.7 Å². The Morgan fingerprint density at radius 3 is 2.17 bits per heavy atom. The number of fused-ring (bicyclic) bond motifs is 3. The Bertz CT molecular complexity index is 672. The third kappa shape index (κ3) is 2.50. The van der Waals surface area contributed by atoms with Crippen molar-refractivity contribution in [3.8, 4) is 0 Å². The number of nitrogens with one attached hydrogen (secondary N) is 1. The predicted molar refractivity (Wildman–Crippen MR) is 103 cm³/mol. The molecule has 2 aliphatic rings. The number of hydrogen-bond acceptors (Lipinski definition) is 2. The number of nitrogens with zero attached hydrogens (tertiary/aromatic N) is 1. The van der Waals surface area contributed by atoms with Gasteiger partial charge in [0, 0.05) is 23.8 Å². The van der Waals surface area contributed by atoms with E-state index in [2.05, 4.69) is 53.6 Å². The van der Waals surface area contributed by atoms with Gasteiger partial charge in [-0.25, -0.2) is 0 Å². The maximum atomic E-state index is 3.39. The summed E-state index contributed by atoms with van der Waals surface area (Å²) in [6.07, 6.45) is 8.59. The molecule has 4 rings (SSSR count). The molecule has 0 atom stereocenters. The van der Waals surface area contributed by atoms with Crippen molar-refractivity contribution < 1.29 is 0 Å². The first-order valence-corrected chi connectivity index (χ1v) is 9.22. The van der Waals surface area contributed by atoms with Gasteiger partial charge in [0.25, 0.3) is 6.85 Å². The van der Waals surface area contributed by atoms with Crippen LogP contribution in [0.3, 0.4) is 0 Å². The van der Waals surface area contributed by atoms with E-state index in [0.29, 0.717) is 0 Å². The summed E-state index contributed by atoms with van der Waals surface area (Å²) in [5.74, 6) is 1.79. The zero-order valence-electron chi connectivity index (χ0n) is 14.4. The lowest BCUT2D eigenvalue weighted by Crippen LogP contribution is -2.48. The van der Waals surface area contributed by atoms with E-state index in [0.717, 1.165) is 18.5 Å². The van der Waals surface area contributed by atoms with Crippen LogP contribution in [0.25, 0.3) is 10.8 Å². The molecule has 2 fully saturated rings. The second kappa shape index (κ2) is 6.11. The molecule has 0 aliphatic carbocycles. The van der Waals surface area contributed by atoms with E-state index in [-0.39, 0.29) is 0 Å². The van der Waals surface area contributed by atoms with Gasteiger partial charge in [-0.05, 0) is 36.2 Å². The molecule has 0 amide bonds. The molecule has 23 heavy (non-hydrogen) atoms. The summed E-state index contributed by atoms with van der Waals surface area (Å²) in [7, 11) is 4.36. The molecule has 0 saturated carbocycles. The Morgan fingerprint density at radius 2 is 1.57 bits per heavy atom. The monoisotopic (exact) mass is 306 g/mol. The first-order valence-electron chi connectivity index (χ1n) is 9.22. The summed E-state index contributed by atoms with van der Waals surface area (Å²) in [5.41, 5.74) is 2.64. The second-order valence-corrected chi connectivity index (χ2v) is 7.41. The van der Waals surface area contributed by atoms with Gasteiger partial charge in [0.05, 0.1) is 0 Å². The third-order valence-electron chi connectivity index (χ3n) is 6.24. The summed E-state index contributed by atoms with van der Waals surface area (Å²) in [6, 6.07) is 13.3. The summed E-state index contributed by atoms with van der Waals surface area (Å²) in [4.78, 5) is 2.62. The molecule has 2 saturated heterocycles. The molecule has 0 aromatic heterocycles. The van der Waals surface area contributed by atoms with Gasteiger partial charge >= 0.3 is 0 Å². The molecular weight excluding hydrogens is 279 g/mol. The summed E-state index contributed by atoms with van der Waals surface area (Å²) in [5, 5.41) is 6.11. The fraction of sp³-hybridized carbons (Fsp3) is 0.500. The van der Waals surface area contributed by atoms with Gasteiger partial charge in [-0.15, -0.1) is 0 Å². The molecule has 0 spiro atoms. The van der Waals surface area contributed by atoms with E-state index < -0.39 is 0 Å². The smallest absolute Gasteiger partial charge is 0.260 e. The highest BCUT2D eigenvalue weighted by Crippen LogP contribution is 2.48. The lowest BCUT2D eigenvalue weighted by Gasteiger charge is -2.45. The minimum Gasteiger partial charge on any atom is -0.416 e. The molecule has 1 N–H and O–H groups in total. The highest BCUT2D eigenvalue weighted by atomic mass is 15.0. The minimum absolute atomic E-state index is 0.730. The normalized spacial score (nSPS) is 23.8. The van der Waals surface area contributed by atoms with Crippen LogP contribution in [0.2, 0.25) is 11.6 Å². The van der Waals surface area contributed by atoms with Gasteiger partial charge in [-0.1, -0.05) is 62.8 Å². The third-order valence-corrected chi connectivity index (χ3v) is 6.24. The Balaban J connectivity index is 1.79. The molecule has 0 radical (unpaired) electrons. The minimum atomic E-state index is 0.730. The van der Waals surface area contributed by atoms with Crippen molar-refractivity contribution >= 4 is 29.0 Å². The molecule has 120 valence electrons. The van der Waals surface area contributed by atoms with E-state index in [1.54, 1.807) is 0 Å². The maximum absolute atomic E-state index is 3.39. The van der Waals surface area contributed by atoms with Crippen LogP contribution in [-0.4, -0.2) is 20.9 Å². The summed E-state index contributed by atoms with van der Waals surface area (Å²) < 4.78 is 0. The van der Waals surface area contributed by atoms with Crippen LogP contribution < -0.4 is 10.1 Å². The molecule has 2 bridgehead atoms. The van der Waals surface area contributed by atoms with Crippen LogP contribution in [-0.2, 0) is 0 Å². The van der Waals surface area contributed by atoms with Crippen molar-refractivity contribution in [1.29, 1.82) is 0 Å². The number of hydrogen-bond donors (Lipinski definition) is 1. The van der Waals surface area contributed by atoms with Crippen LogP contribution in [0.1, 0.15) is 38.5 Å². The van der Waals surface area contributed by atoms with E-state index in [9.17, 15) is 0 Å². The topological polar surface area (TPSA) is 15.3 Å². The molecule has 2 aliphatic heterocycles. The first-order chi connectivity index (χ1) is 11.3. The van der Waals surface area contributed by atoms with Gasteiger partial charge in [0.1, 0.15) is 0 Å². The molecule has 3 heteroatoms. The molecular formula is C20H27BN2. The molecule has 2 nitrogen and oxygen atoms in total. The Labute approximate surface area is 140 Å². The molecule has 2 aromatic carbocycles. The molecule has 0 unspecified atom stereocenters. The van der Waals surface area contributed by atoms with E-state index in [1.807, 2.05) is 7.05 Å². The zero-order chi connectivity index (χ0) is 15.8. The van der Waals surface area contributed by atoms with Crippen LogP contribution >= 0.6 is 0 Å². The van der Waals surface area contributed by atoms with Crippen molar-refractivity contribution in [1.82, 2.24) is 0 Å². The predicted octanol–water partition coefficient (Wildman–Crippen LogP) is 5.42. The van der Waals surface area contributed by atoms with Crippen LogP contribution in [0.4, 0.5) is 11.4 Å². The van der Waals surface area contributed by atoms with Gasteiger partial charge in [0.15, 0.2) is 0 Å². The standard InChI is InChI=1S/C20H27BN2/c1-22-18-13-3-7-15-8-4-14-19(20(15)18)23(2)21-16-9-5-10-17(21)12-6-11-16/h3-4,7-8,13-14,16-17,22H,5-6,9-12H2,1-2H3. The quantitative estimate of drug-likeness (QED) is 0.762. The summed E-state index contributed by atoms with van der Waals surface area (Å²) in [6.45, 7) is 0.730. The van der Waals surface area contributed by atoms with Crippen molar-refractivity contribution in [2.45, 2.75) is 50.2 Å². The number of anilines is 2. The SMILES string of the molecule is CNc1cccc2cccc(N(C)B3C4CCCC3CCC4)c12.